The third-order valence-electron chi connectivity index (χ3n) is 5.81. The Labute approximate surface area is 221 Å². The lowest BCUT2D eigenvalue weighted by atomic mass is 9.95. The molecule has 0 radical (unpaired) electrons. The van der Waals surface area contributed by atoms with Crippen molar-refractivity contribution in [3.63, 3.8) is 0 Å². The zero-order chi connectivity index (χ0) is 27.6. The Kier molecular flexibility index (Phi) is 7.58. The van der Waals surface area contributed by atoms with Crippen LogP contribution in [0.2, 0.25) is 0 Å². The monoisotopic (exact) mass is 536 g/mol. The van der Waals surface area contributed by atoms with Crippen LogP contribution in [0.25, 0.3) is 6.08 Å². The number of benzene rings is 2. The highest BCUT2D eigenvalue weighted by Gasteiger charge is 2.33. The van der Waals surface area contributed by atoms with Gasteiger partial charge in [-0.3, -0.25) is 14.2 Å². The molecule has 1 unspecified atom stereocenters. The van der Waals surface area contributed by atoms with E-state index in [1.807, 2.05) is 0 Å². The van der Waals surface area contributed by atoms with Gasteiger partial charge in [-0.25, -0.2) is 14.6 Å². The summed E-state index contributed by atoms with van der Waals surface area (Å²) in [7, 11) is 3.98. The summed E-state index contributed by atoms with van der Waals surface area (Å²) in [6, 6.07) is 10.5. The molecule has 1 aromatic heterocycles. The van der Waals surface area contributed by atoms with Crippen LogP contribution in [-0.4, -0.2) is 43.8 Å². The van der Waals surface area contributed by atoms with E-state index in [9.17, 15) is 19.2 Å². The molecule has 11 heteroatoms. The van der Waals surface area contributed by atoms with Gasteiger partial charge < -0.3 is 18.9 Å². The summed E-state index contributed by atoms with van der Waals surface area (Å²) < 4.78 is 22.2. The second kappa shape index (κ2) is 10.9. The number of hydrogen-bond donors (Lipinski definition) is 0. The van der Waals surface area contributed by atoms with Gasteiger partial charge in [0.15, 0.2) is 16.3 Å². The molecule has 0 aliphatic carbocycles. The van der Waals surface area contributed by atoms with Crippen molar-refractivity contribution in [2.45, 2.75) is 19.9 Å². The van der Waals surface area contributed by atoms with E-state index in [4.69, 9.17) is 18.9 Å². The number of hydrogen-bond acceptors (Lipinski definition) is 10. The van der Waals surface area contributed by atoms with Crippen molar-refractivity contribution in [3.05, 3.63) is 90.1 Å². The zero-order valence-corrected chi connectivity index (χ0v) is 22.1. The number of allylic oxidation sites excluding steroid dienone is 1. The van der Waals surface area contributed by atoms with E-state index in [2.05, 4.69) is 4.99 Å². The maximum absolute atomic E-state index is 13.7. The maximum Gasteiger partial charge on any atom is 0.338 e. The molecular formula is C27H24N2O8S. The van der Waals surface area contributed by atoms with Crippen LogP contribution in [0.3, 0.4) is 0 Å². The molecular weight excluding hydrogens is 512 g/mol. The first kappa shape index (κ1) is 26.6. The zero-order valence-electron chi connectivity index (χ0n) is 21.3. The fraction of sp³-hybridized carbons (Fsp3) is 0.222. The van der Waals surface area contributed by atoms with Crippen LogP contribution < -0.4 is 24.4 Å². The van der Waals surface area contributed by atoms with E-state index in [0.29, 0.717) is 31.7 Å². The predicted octanol–water partition coefficient (Wildman–Crippen LogP) is 2.13. The van der Waals surface area contributed by atoms with Gasteiger partial charge in [-0.15, -0.1) is 0 Å². The lowest BCUT2D eigenvalue weighted by Crippen LogP contribution is -2.39. The number of aromatic nitrogens is 1. The van der Waals surface area contributed by atoms with Gasteiger partial charge in [0.2, 0.25) is 0 Å². The number of rotatable bonds is 6. The highest BCUT2D eigenvalue weighted by molar-refractivity contribution is 7.07. The molecule has 2 aromatic carbocycles. The molecule has 0 saturated heterocycles. The first-order chi connectivity index (χ1) is 18.2. The molecule has 0 bridgehead atoms. The predicted molar refractivity (Wildman–Crippen MR) is 138 cm³/mol. The number of ether oxygens (including phenoxy) is 4. The number of esters is 3. The Morgan fingerprint density at radius 2 is 1.66 bits per heavy atom. The molecule has 0 saturated carbocycles. The van der Waals surface area contributed by atoms with Crippen molar-refractivity contribution < 1.29 is 33.3 Å². The molecule has 0 fully saturated rings. The topological polar surface area (TPSA) is 122 Å². The van der Waals surface area contributed by atoms with Crippen LogP contribution in [0.4, 0.5) is 0 Å². The molecule has 2 heterocycles. The van der Waals surface area contributed by atoms with Crippen molar-refractivity contribution in [1.82, 2.24) is 4.57 Å². The van der Waals surface area contributed by atoms with E-state index >= 15 is 0 Å². The minimum Gasteiger partial charge on any atom is -0.493 e. The highest BCUT2D eigenvalue weighted by Crippen LogP contribution is 2.36. The molecule has 3 aromatic rings. The lowest BCUT2D eigenvalue weighted by Gasteiger charge is -2.25. The van der Waals surface area contributed by atoms with Crippen LogP contribution in [0, 0.1) is 0 Å². The smallest absolute Gasteiger partial charge is 0.338 e. The van der Waals surface area contributed by atoms with E-state index in [-0.39, 0.29) is 22.6 Å². The quantitative estimate of drug-likeness (QED) is 0.347. The summed E-state index contributed by atoms with van der Waals surface area (Å²) in [5, 5.41) is 0. The minimum absolute atomic E-state index is 0.191. The summed E-state index contributed by atoms with van der Waals surface area (Å²) in [6.45, 7) is 2.95. The van der Waals surface area contributed by atoms with Crippen molar-refractivity contribution >= 4 is 35.3 Å². The van der Waals surface area contributed by atoms with Gasteiger partial charge in [0.1, 0.15) is 0 Å². The van der Waals surface area contributed by atoms with E-state index in [1.54, 1.807) is 55.5 Å². The molecule has 196 valence electrons. The Morgan fingerprint density at radius 3 is 2.26 bits per heavy atom. The highest BCUT2D eigenvalue weighted by atomic mass is 32.1. The van der Waals surface area contributed by atoms with Gasteiger partial charge >= 0.3 is 17.9 Å². The summed E-state index contributed by atoms with van der Waals surface area (Å²) in [4.78, 5) is 54.7. The molecule has 0 spiro atoms. The van der Waals surface area contributed by atoms with Gasteiger partial charge in [0.25, 0.3) is 5.56 Å². The van der Waals surface area contributed by atoms with Crippen LogP contribution in [0.1, 0.15) is 41.4 Å². The van der Waals surface area contributed by atoms with E-state index in [1.165, 1.54) is 44.2 Å². The van der Waals surface area contributed by atoms with Crippen molar-refractivity contribution in [2.75, 3.05) is 21.3 Å². The third kappa shape index (κ3) is 5.00. The second-order valence-corrected chi connectivity index (χ2v) is 9.20. The summed E-state index contributed by atoms with van der Waals surface area (Å²) in [5.74, 6) is -1.16. The van der Waals surface area contributed by atoms with Gasteiger partial charge in [-0.1, -0.05) is 29.5 Å². The van der Waals surface area contributed by atoms with Gasteiger partial charge in [-0.2, -0.15) is 0 Å². The van der Waals surface area contributed by atoms with Crippen LogP contribution in [0.15, 0.2) is 63.5 Å². The van der Waals surface area contributed by atoms with Crippen molar-refractivity contribution in [1.29, 1.82) is 0 Å². The Morgan fingerprint density at radius 1 is 0.974 bits per heavy atom. The number of carbonyl (C=O) groups is 3. The Balaban J connectivity index is 1.90. The normalized spacial score (nSPS) is 14.9. The van der Waals surface area contributed by atoms with Gasteiger partial charge in [0.05, 0.1) is 48.7 Å². The number of thiazole rings is 1. The second-order valence-electron chi connectivity index (χ2n) is 8.19. The molecule has 4 rings (SSSR count). The van der Waals surface area contributed by atoms with E-state index in [0.717, 1.165) is 0 Å². The van der Waals surface area contributed by atoms with Crippen LogP contribution in [0.5, 0.6) is 11.5 Å². The molecule has 0 amide bonds. The van der Waals surface area contributed by atoms with Crippen LogP contribution in [-0.2, 0) is 19.1 Å². The number of fused-ring (bicyclic) bond motifs is 1. The summed E-state index contributed by atoms with van der Waals surface area (Å²) in [5.41, 5.74) is 1.83. The average Bonchev–Trinajstić information content (AvgIpc) is 3.21. The lowest BCUT2D eigenvalue weighted by molar-refractivity contribution is -0.136. The SMILES string of the molecule is COC(=O)C1=C(C)N=c2sc(=Cc3ccc(C(=O)OC)cc3)c(=O)n2C1c1ccc(OC(C)=O)c(OC)c1. The molecule has 1 aliphatic rings. The largest absolute Gasteiger partial charge is 0.493 e. The van der Waals surface area contributed by atoms with Crippen molar-refractivity contribution in [3.8, 4) is 11.5 Å². The number of carbonyl (C=O) groups excluding carboxylic acids is 3. The van der Waals surface area contributed by atoms with Crippen molar-refractivity contribution in [2.24, 2.45) is 4.99 Å². The number of methoxy groups -OCH3 is 3. The summed E-state index contributed by atoms with van der Waals surface area (Å²) >= 11 is 1.17. The van der Waals surface area contributed by atoms with Gasteiger partial charge in [0, 0.05) is 6.92 Å². The fourth-order valence-corrected chi connectivity index (χ4v) is 5.13. The molecule has 1 atom stereocenters. The van der Waals surface area contributed by atoms with Gasteiger partial charge in [-0.05, 0) is 48.4 Å². The summed E-state index contributed by atoms with van der Waals surface area (Å²) in [6.07, 6.45) is 1.68. The fourth-order valence-electron chi connectivity index (χ4n) is 4.09. The molecule has 1 aliphatic heterocycles. The average molecular weight is 537 g/mol. The molecule has 38 heavy (non-hydrogen) atoms. The first-order valence-corrected chi connectivity index (χ1v) is 12.2. The molecule has 10 nitrogen and oxygen atoms in total. The van der Waals surface area contributed by atoms with E-state index < -0.39 is 23.9 Å². The first-order valence-electron chi connectivity index (χ1n) is 11.3. The standard InChI is InChI=1S/C27H24N2O8S/c1-14-22(26(33)36-5)23(18-10-11-19(37-15(2)30)20(13-18)34-3)29-24(31)21(38-27(29)28-14)12-16-6-8-17(9-7-16)25(32)35-4/h6-13,23H,1-5H3. The van der Waals surface area contributed by atoms with Crippen LogP contribution >= 0.6 is 11.3 Å². The third-order valence-corrected chi connectivity index (χ3v) is 6.80. The number of nitrogens with zero attached hydrogens (tertiary/aromatic N) is 2. The maximum atomic E-state index is 13.7. The Bertz CT molecular complexity index is 1650. The minimum atomic E-state index is -0.872. The molecule has 0 N–H and O–H groups in total. The Hall–Kier alpha value is -4.51.